The number of hydrogen-bond donors (Lipinski definition) is 1. The smallest absolute Gasteiger partial charge is 0.227 e. The lowest BCUT2D eigenvalue weighted by molar-refractivity contribution is 0.801. The molecule has 0 bridgehead atoms. The van der Waals surface area contributed by atoms with Crippen molar-refractivity contribution in [2.75, 3.05) is 0 Å². The minimum Gasteiger partial charge on any atom is -0.286 e. The van der Waals surface area contributed by atoms with Crippen LogP contribution in [0, 0.1) is 0 Å². The zero-order chi connectivity index (χ0) is 11.0. The monoisotopic (exact) mass is 212 g/mol. The summed E-state index contributed by atoms with van der Waals surface area (Å²) in [6.45, 7) is 0. The highest BCUT2D eigenvalue weighted by Crippen LogP contribution is 2.13. The Morgan fingerprint density at radius 1 is 1.19 bits per heavy atom. The molecule has 16 heavy (non-hydrogen) atoms. The predicted molar refractivity (Wildman–Crippen MR) is 59.0 cm³/mol. The van der Waals surface area contributed by atoms with Crippen molar-refractivity contribution in [2.45, 2.75) is 0 Å². The first-order valence-corrected chi connectivity index (χ1v) is 4.83. The fourth-order valence-electron chi connectivity index (χ4n) is 1.60. The lowest BCUT2D eigenvalue weighted by Crippen LogP contribution is -2.09. The standard InChI is InChI=1S/C11H8N4O/c16-10-6-9(8-4-2-1-3-5-8)14-15-11(10)12-7-13-15/h1-7,14H. The molecule has 0 saturated heterocycles. The van der Waals surface area contributed by atoms with Gasteiger partial charge >= 0.3 is 0 Å². The van der Waals surface area contributed by atoms with Gasteiger partial charge in [0, 0.05) is 6.07 Å². The van der Waals surface area contributed by atoms with Crippen molar-refractivity contribution in [2.24, 2.45) is 0 Å². The summed E-state index contributed by atoms with van der Waals surface area (Å²) in [5, 5.41) is 6.92. The maximum Gasteiger partial charge on any atom is 0.227 e. The predicted octanol–water partition coefficient (Wildman–Crippen LogP) is 1.08. The SMILES string of the molecule is O=c1cc(-c2ccccc2)[nH]n2ncnc12. The normalized spacial score (nSPS) is 10.8. The van der Waals surface area contributed by atoms with E-state index in [1.165, 1.54) is 17.0 Å². The van der Waals surface area contributed by atoms with Crippen LogP contribution in [0.3, 0.4) is 0 Å². The van der Waals surface area contributed by atoms with Gasteiger partial charge in [-0.05, 0) is 5.56 Å². The summed E-state index contributed by atoms with van der Waals surface area (Å²) < 4.78 is 1.38. The Kier molecular flexibility index (Phi) is 1.83. The summed E-state index contributed by atoms with van der Waals surface area (Å²) in [4.78, 5) is 15.6. The Labute approximate surface area is 90.4 Å². The molecule has 0 saturated carbocycles. The maximum atomic E-state index is 11.7. The topological polar surface area (TPSA) is 63.0 Å². The fourth-order valence-corrected chi connectivity index (χ4v) is 1.60. The van der Waals surface area contributed by atoms with Crippen LogP contribution < -0.4 is 5.43 Å². The fraction of sp³-hybridized carbons (Fsp3) is 0. The van der Waals surface area contributed by atoms with Gasteiger partial charge in [-0.2, -0.15) is 0 Å². The van der Waals surface area contributed by atoms with Gasteiger partial charge in [0.05, 0.1) is 5.69 Å². The average Bonchev–Trinajstić information content (AvgIpc) is 2.79. The van der Waals surface area contributed by atoms with Gasteiger partial charge in [0.2, 0.25) is 11.1 Å². The molecule has 1 aromatic carbocycles. The van der Waals surface area contributed by atoms with Crippen molar-refractivity contribution < 1.29 is 0 Å². The lowest BCUT2D eigenvalue weighted by atomic mass is 10.1. The van der Waals surface area contributed by atoms with Crippen LogP contribution in [0.2, 0.25) is 0 Å². The van der Waals surface area contributed by atoms with E-state index >= 15 is 0 Å². The maximum absolute atomic E-state index is 11.7. The first-order valence-electron chi connectivity index (χ1n) is 4.83. The number of nitrogens with one attached hydrogen (secondary N) is 1. The van der Waals surface area contributed by atoms with Gasteiger partial charge in [-0.1, -0.05) is 30.3 Å². The van der Waals surface area contributed by atoms with Crippen LogP contribution in [0.1, 0.15) is 0 Å². The number of rotatable bonds is 1. The van der Waals surface area contributed by atoms with E-state index in [9.17, 15) is 4.79 Å². The van der Waals surface area contributed by atoms with Crippen molar-refractivity contribution in [1.29, 1.82) is 0 Å². The number of aromatic amines is 1. The molecule has 0 aliphatic carbocycles. The molecule has 78 valence electrons. The van der Waals surface area contributed by atoms with Crippen LogP contribution in [0.4, 0.5) is 0 Å². The van der Waals surface area contributed by atoms with Crippen LogP contribution in [-0.4, -0.2) is 19.8 Å². The van der Waals surface area contributed by atoms with E-state index in [0.29, 0.717) is 5.65 Å². The van der Waals surface area contributed by atoms with E-state index in [1.54, 1.807) is 0 Å². The molecular weight excluding hydrogens is 204 g/mol. The Balaban J connectivity index is 2.30. The highest BCUT2D eigenvalue weighted by molar-refractivity contribution is 5.59. The summed E-state index contributed by atoms with van der Waals surface area (Å²) in [7, 11) is 0. The van der Waals surface area contributed by atoms with Crippen LogP contribution in [0.5, 0.6) is 0 Å². The molecule has 0 unspecified atom stereocenters. The first-order chi connectivity index (χ1) is 7.84. The summed E-state index contributed by atoms with van der Waals surface area (Å²) in [6.07, 6.45) is 1.35. The van der Waals surface area contributed by atoms with Gasteiger partial charge in [0.25, 0.3) is 0 Å². The highest BCUT2D eigenvalue weighted by atomic mass is 16.1. The molecule has 3 aromatic rings. The van der Waals surface area contributed by atoms with E-state index in [1.807, 2.05) is 30.3 Å². The molecule has 2 aromatic heterocycles. The zero-order valence-electron chi connectivity index (χ0n) is 8.29. The Hall–Kier alpha value is -2.43. The van der Waals surface area contributed by atoms with E-state index < -0.39 is 0 Å². The number of H-pyrrole nitrogens is 1. The third-order valence-electron chi connectivity index (χ3n) is 2.35. The molecule has 0 aliphatic heterocycles. The number of aromatic nitrogens is 4. The van der Waals surface area contributed by atoms with Gasteiger partial charge in [-0.25, -0.2) is 4.98 Å². The number of hydrogen-bond acceptors (Lipinski definition) is 3. The van der Waals surface area contributed by atoms with E-state index in [2.05, 4.69) is 15.2 Å². The number of nitrogens with zero attached hydrogens (tertiary/aromatic N) is 3. The molecule has 0 aliphatic rings. The third-order valence-corrected chi connectivity index (χ3v) is 2.35. The van der Waals surface area contributed by atoms with Gasteiger partial charge < -0.3 is 0 Å². The van der Waals surface area contributed by atoms with Crippen molar-refractivity contribution in [1.82, 2.24) is 19.8 Å². The number of benzene rings is 1. The molecule has 0 atom stereocenters. The largest absolute Gasteiger partial charge is 0.286 e. The van der Waals surface area contributed by atoms with Crippen LogP contribution in [0.25, 0.3) is 16.9 Å². The summed E-state index contributed by atoms with van der Waals surface area (Å²) in [5.41, 5.74) is 1.83. The number of fused-ring (bicyclic) bond motifs is 1. The van der Waals surface area contributed by atoms with Crippen LogP contribution in [0.15, 0.2) is 47.5 Å². The van der Waals surface area contributed by atoms with E-state index in [0.717, 1.165) is 11.3 Å². The van der Waals surface area contributed by atoms with Crippen molar-refractivity contribution in [3.8, 4) is 11.3 Å². The van der Waals surface area contributed by atoms with Crippen LogP contribution in [-0.2, 0) is 0 Å². The second-order valence-electron chi connectivity index (χ2n) is 3.40. The molecule has 0 fully saturated rings. The van der Waals surface area contributed by atoms with E-state index in [-0.39, 0.29) is 5.43 Å². The molecule has 2 heterocycles. The molecule has 0 spiro atoms. The van der Waals surface area contributed by atoms with Crippen molar-refractivity contribution in [3.05, 3.63) is 52.9 Å². The molecule has 5 nitrogen and oxygen atoms in total. The van der Waals surface area contributed by atoms with Crippen molar-refractivity contribution >= 4 is 5.65 Å². The van der Waals surface area contributed by atoms with Crippen LogP contribution >= 0.6 is 0 Å². The minimum absolute atomic E-state index is 0.143. The van der Waals surface area contributed by atoms with Gasteiger partial charge in [0.1, 0.15) is 6.33 Å². The molecule has 3 rings (SSSR count). The highest BCUT2D eigenvalue weighted by Gasteiger charge is 2.04. The zero-order valence-corrected chi connectivity index (χ0v) is 8.29. The molecule has 5 heteroatoms. The van der Waals surface area contributed by atoms with E-state index in [4.69, 9.17) is 0 Å². The Morgan fingerprint density at radius 2 is 2.00 bits per heavy atom. The lowest BCUT2D eigenvalue weighted by Gasteiger charge is -2.01. The van der Waals surface area contributed by atoms with Crippen molar-refractivity contribution in [3.63, 3.8) is 0 Å². The molecule has 1 N–H and O–H groups in total. The quantitative estimate of drug-likeness (QED) is 0.656. The molecule has 0 radical (unpaired) electrons. The molecular formula is C11H8N4O. The van der Waals surface area contributed by atoms with Gasteiger partial charge in [0.15, 0.2) is 0 Å². The summed E-state index contributed by atoms with van der Waals surface area (Å²) >= 11 is 0. The van der Waals surface area contributed by atoms with Gasteiger partial charge in [-0.3, -0.25) is 9.89 Å². The Morgan fingerprint density at radius 3 is 2.81 bits per heavy atom. The third kappa shape index (κ3) is 1.30. The molecule has 0 amide bonds. The average molecular weight is 212 g/mol. The minimum atomic E-state index is -0.143. The summed E-state index contributed by atoms with van der Waals surface area (Å²) in [6, 6.07) is 11.1. The first kappa shape index (κ1) is 8.84. The summed E-state index contributed by atoms with van der Waals surface area (Å²) in [5.74, 6) is 0. The second kappa shape index (κ2) is 3.30. The van der Waals surface area contributed by atoms with Gasteiger partial charge in [-0.15, -0.1) is 9.73 Å². The Bertz CT molecular complexity index is 684. The second-order valence-corrected chi connectivity index (χ2v) is 3.40.